The van der Waals surface area contributed by atoms with E-state index in [1.54, 1.807) is 14.0 Å². The number of rotatable bonds is 6. The molecule has 0 aliphatic rings. The molecule has 0 saturated heterocycles. The smallest absolute Gasteiger partial charge is 0.397 e. The van der Waals surface area contributed by atoms with Crippen LogP contribution < -0.4 is 15.4 Å². The van der Waals surface area contributed by atoms with Gasteiger partial charge in [-0.3, -0.25) is 10.1 Å². The number of aromatic nitrogens is 2. The highest BCUT2D eigenvalue weighted by Gasteiger charge is 2.18. The van der Waals surface area contributed by atoms with E-state index in [0.29, 0.717) is 17.0 Å². The van der Waals surface area contributed by atoms with Crippen molar-refractivity contribution in [1.82, 2.24) is 9.97 Å². The van der Waals surface area contributed by atoms with Crippen LogP contribution in [0.1, 0.15) is 12.5 Å². The van der Waals surface area contributed by atoms with Gasteiger partial charge in [0, 0.05) is 6.54 Å². The van der Waals surface area contributed by atoms with Gasteiger partial charge in [-0.2, -0.15) is 0 Å². The SMILES string of the molecule is CCOC(=O)C(=O)Nc1ncc(Br)nc1NCc1ccc(OC)cc1. The average molecular weight is 409 g/mol. The van der Waals surface area contributed by atoms with Gasteiger partial charge in [0.1, 0.15) is 10.4 Å². The number of carbonyl (C=O) groups is 2. The maximum Gasteiger partial charge on any atom is 0.397 e. The van der Waals surface area contributed by atoms with Gasteiger partial charge in [-0.1, -0.05) is 12.1 Å². The largest absolute Gasteiger partial charge is 0.497 e. The monoisotopic (exact) mass is 408 g/mol. The lowest BCUT2D eigenvalue weighted by atomic mass is 10.2. The number of hydrogen-bond donors (Lipinski definition) is 2. The molecule has 1 aromatic heterocycles. The Bertz CT molecular complexity index is 752. The Morgan fingerprint density at radius 2 is 1.92 bits per heavy atom. The minimum Gasteiger partial charge on any atom is -0.497 e. The van der Waals surface area contributed by atoms with Gasteiger partial charge in [0.2, 0.25) is 0 Å². The van der Waals surface area contributed by atoms with Crippen LogP contribution in [0.25, 0.3) is 0 Å². The second-order valence-electron chi connectivity index (χ2n) is 4.77. The number of esters is 1. The van der Waals surface area contributed by atoms with Crippen LogP contribution in [0.5, 0.6) is 5.75 Å². The molecular weight excluding hydrogens is 392 g/mol. The third kappa shape index (κ3) is 5.42. The van der Waals surface area contributed by atoms with Crippen LogP contribution in [0.3, 0.4) is 0 Å². The molecule has 1 amide bonds. The number of anilines is 2. The molecule has 0 spiro atoms. The molecule has 0 bridgehead atoms. The summed E-state index contributed by atoms with van der Waals surface area (Å²) in [6.07, 6.45) is 1.42. The number of halogens is 1. The predicted octanol–water partition coefficient (Wildman–Crippen LogP) is 2.36. The first-order chi connectivity index (χ1) is 12.0. The summed E-state index contributed by atoms with van der Waals surface area (Å²) in [7, 11) is 1.60. The van der Waals surface area contributed by atoms with E-state index in [1.165, 1.54) is 6.20 Å². The fourth-order valence-electron chi connectivity index (χ4n) is 1.87. The lowest BCUT2D eigenvalue weighted by Crippen LogP contribution is -2.26. The summed E-state index contributed by atoms with van der Waals surface area (Å²) in [5.74, 6) is -0.676. The van der Waals surface area contributed by atoms with Gasteiger partial charge in [-0.15, -0.1) is 0 Å². The van der Waals surface area contributed by atoms with Gasteiger partial charge in [0.15, 0.2) is 11.6 Å². The minimum absolute atomic E-state index is 0.112. The van der Waals surface area contributed by atoms with Gasteiger partial charge in [-0.25, -0.2) is 14.8 Å². The quantitative estimate of drug-likeness (QED) is 0.558. The zero-order chi connectivity index (χ0) is 18.2. The molecule has 132 valence electrons. The van der Waals surface area contributed by atoms with Gasteiger partial charge in [0.05, 0.1) is 19.9 Å². The van der Waals surface area contributed by atoms with Crippen molar-refractivity contribution in [3.63, 3.8) is 0 Å². The highest BCUT2D eigenvalue weighted by Crippen LogP contribution is 2.20. The summed E-state index contributed by atoms with van der Waals surface area (Å²) >= 11 is 3.23. The van der Waals surface area contributed by atoms with Crippen molar-refractivity contribution in [3.8, 4) is 5.75 Å². The predicted molar refractivity (Wildman–Crippen MR) is 95.3 cm³/mol. The highest BCUT2D eigenvalue weighted by atomic mass is 79.9. The maximum atomic E-state index is 11.8. The van der Waals surface area contributed by atoms with Crippen molar-refractivity contribution < 1.29 is 19.1 Å². The summed E-state index contributed by atoms with van der Waals surface area (Å²) in [6.45, 7) is 2.17. The molecule has 0 aliphatic heterocycles. The zero-order valence-corrected chi connectivity index (χ0v) is 15.3. The highest BCUT2D eigenvalue weighted by molar-refractivity contribution is 9.10. The van der Waals surface area contributed by atoms with Crippen LogP contribution in [-0.2, 0) is 20.9 Å². The zero-order valence-electron chi connectivity index (χ0n) is 13.7. The van der Waals surface area contributed by atoms with E-state index in [1.807, 2.05) is 24.3 Å². The molecule has 0 aliphatic carbocycles. The number of methoxy groups -OCH3 is 1. The second-order valence-corrected chi connectivity index (χ2v) is 5.58. The van der Waals surface area contributed by atoms with E-state index in [-0.39, 0.29) is 12.4 Å². The van der Waals surface area contributed by atoms with E-state index in [2.05, 4.69) is 41.3 Å². The third-order valence-electron chi connectivity index (χ3n) is 3.05. The topological polar surface area (TPSA) is 102 Å². The van der Waals surface area contributed by atoms with Crippen molar-refractivity contribution in [2.75, 3.05) is 24.4 Å². The number of amides is 1. The molecule has 0 fully saturated rings. The van der Waals surface area contributed by atoms with Crippen molar-refractivity contribution in [2.45, 2.75) is 13.5 Å². The van der Waals surface area contributed by atoms with E-state index < -0.39 is 11.9 Å². The van der Waals surface area contributed by atoms with Crippen LogP contribution >= 0.6 is 15.9 Å². The number of benzene rings is 1. The Kier molecular flexibility index (Phi) is 6.70. The molecule has 1 heterocycles. The van der Waals surface area contributed by atoms with E-state index in [9.17, 15) is 9.59 Å². The Balaban J connectivity index is 2.09. The van der Waals surface area contributed by atoms with Crippen molar-refractivity contribution in [3.05, 3.63) is 40.6 Å². The first-order valence-electron chi connectivity index (χ1n) is 7.41. The standard InChI is InChI=1S/C16H17BrN4O4/c1-3-25-16(23)15(22)21-14-13(20-12(17)9-19-14)18-8-10-4-6-11(24-2)7-5-10/h4-7,9H,3,8H2,1-2H3,(H,18,20)(H,19,21,22). The molecule has 0 saturated carbocycles. The maximum absolute atomic E-state index is 11.8. The van der Waals surface area contributed by atoms with Crippen molar-refractivity contribution in [2.24, 2.45) is 0 Å². The molecule has 8 nitrogen and oxygen atoms in total. The summed E-state index contributed by atoms with van der Waals surface area (Å²) in [6, 6.07) is 7.47. The Labute approximate surface area is 153 Å². The number of nitrogens with zero attached hydrogens (tertiary/aromatic N) is 2. The molecule has 0 unspecified atom stereocenters. The summed E-state index contributed by atoms with van der Waals surface area (Å²) in [5, 5.41) is 5.46. The summed E-state index contributed by atoms with van der Waals surface area (Å²) in [4.78, 5) is 31.5. The van der Waals surface area contributed by atoms with Crippen LogP contribution in [-0.4, -0.2) is 35.6 Å². The first kappa shape index (κ1) is 18.7. The number of carbonyl (C=O) groups excluding carboxylic acids is 2. The molecule has 0 atom stereocenters. The van der Waals surface area contributed by atoms with Crippen LogP contribution in [0, 0.1) is 0 Å². The molecule has 25 heavy (non-hydrogen) atoms. The van der Waals surface area contributed by atoms with Crippen molar-refractivity contribution >= 4 is 39.4 Å². The number of hydrogen-bond acceptors (Lipinski definition) is 7. The molecule has 0 radical (unpaired) electrons. The van der Waals surface area contributed by atoms with Gasteiger partial charge in [0.25, 0.3) is 0 Å². The molecule has 9 heteroatoms. The van der Waals surface area contributed by atoms with E-state index >= 15 is 0 Å². The van der Waals surface area contributed by atoms with Gasteiger partial charge >= 0.3 is 11.9 Å². The molecule has 2 aromatic rings. The van der Waals surface area contributed by atoms with Crippen LogP contribution in [0.15, 0.2) is 35.1 Å². The van der Waals surface area contributed by atoms with Gasteiger partial charge in [-0.05, 0) is 40.5 Å². The Morgan fingerprint density at radius 1 is 1.20 bits per heavy atom. The van der Waals surface area contributed by atoms with Crippen LogP contribution in [0.2, 0.25) is 0 Å². The number of ether oxygens (including phenoxy) is 2. The third-order valence-corrected chi connectivity index (χ3v) is 3.44. The van der Waals surface area contributed by atoms with Gasteiger partial charge < -0.3 is 14.8 Å². The molecule has 1 aromatic carbocycles. The number of nitrogens with one attached hydrogen (secondary N) is 2. The fourth-order valence-corrected chi connectivity index (χ4v) is 2.15. The second kappa shape index (κ2) is 8.97. The normalized spacial score (nSPS) is 10.0. The average Bonchev–Trinajstić information content (AvgIpc) is 2.62. The minimum atomic E-state index is -0.978. The Hall–Kier alpha value is -2.68. The lowest BCUT2D eigenvalue weighted by molar-refractivity contribution is -0.152. The lowest BCUT2D eigenvalue weighted by Gasteiger charge is -2.11. The molecular formula is C16H17BrN4O4. The molecule has 2 N–H and O–H groups in total. The van der Waals surface area contributed by atoms with E-state index in [4.69, 9.17) is 4.74 Å². The summed E-state index contributed by atoms with van der Waals surface area (Å²) < 4.78 is 10.2. The van der Waals surface area contributed by atoms with Crippen LogP contribution in [0.4, 0.5) is 11.6 Å². The van der Waals surface area contributed by atoms with E-state index in [0.717, 1.165) is 11.3 Å². The Morgan fingerprint density at radius 3 is 2.56 bits per heavy atom. The van der Waals surface area contributed by atoms with Crippen molar-refractivity contribution in [1.29, 1.82) is 0 Å². The first-order valence-corrected chi connectivity index (χ1v) is 8.20. The molecule has 2 rings (SSSR count). The fraction of sp³-hybridized carbons (Fsp3) is 0.250. The summed E-state index contributed by atoms with van der Waals surface area (Å²) in [5.41, 5.74) is 0.977.